The number of aromatic hydroxyl groups is 1. The Morgan fingerprint density at radius 2 is 1.41 bits per heavy atom. The number of hydroxylamine groups is 2. The van der Waals surface area contributed by atoms with Crippen molar-refractivity contribution in [1.29, 1.82) is 0 Å². The smallest absolute Gasteiger partial charge is 0.432 e. The van der Waals surface area contributed by atoms with Crippen LogP contribution in [0.1, 0.15) is 23.2 Å². The number of fused-ring (bicyclic) bond motifs is 2. The predicted octanol–water partition coefficient (Wildman–Crippen LogP) is 2.93. The number of nitrogens with zero attached hydrogens (tertiary/aromatic N) is 1. The lowest BCUT2D eigenvalue weighted by atomic mass is 9.90. The Bertz CT molecular complexity index is 1940. The van der Waals surface area contributed by atoms with Gasteiger partial charge in [0.1, 0.15) is 17.1 Å². The van der Waals surface area contributed by atoms with Gasteiger partial charge in [-0.25, -0.2) is 14.4 Å². The first-order valence-corrected chi connectivity index (χ1v) is 15.8. The predicted molar refractivity (Wildman–Crippen MR) is 178 cm³/mol. The maximum atomic E-state index is 12.5. The van der Waals surface area contributed by atoms with Crippen LogP contribution in [0.5, 0.6) is 5.75 Å². The van der Waals surface area contributed by atoms with Crippen molar-refractivity contribution >= 4 is 46.6 Å². The Kier molecular flexibility index (Phi) is 12.1. The molecule has 0 atom stereocenters. The maximum Gasteiger partial charge on any atom is 0.432 e. The number of hydrogen-bond acceptors (Lipinski definition) is 12. The Morgan fingerprint density at radius 3 is 2.10 bits per heavy atom. The number of carboxylic acid groups (broad SMARTS) is 1. The van der Waals surface area contributed by atoms with E-state index in [1.54, 1.807) is 24.3 Å². The van der Waals surface area contributed by atoms with Gasteiger partial charge in [-0.05, 0) is 42.0 Å². The summed E-state index contributed by atoms with van der Waals surface area (Å²) in [4.78, 5) is 76.1. The number of amides is 5. The van der Waals surface area contributed by atoms with Gasteiger partial charge in [0.15, 0.2) is 5.43 Å². The van der Waals surface area contributed by atoms with E-state index >= 15 is 0 Å². The van der Waals surface area contributed by atoms with Crippen LogP contribution in [0.2, 0.25) is 0 Å². The molecule has 2 heterocycles. The summed E-state index contributed by atoms with van der Waals surface area (Å²) in [6.45, 7) is 1.62. The number of imide groups is 1. The quantitative estimate of drug-likeness (QED) is 0.0642. The van der Waals surface area contributed by atoms with E-state index < -0.39 is 29.9 Å². The van der Waals surface area contributed by atoms with Crippen LogP contribution in [-0.4, -0.2) is 97.9 Å². The van der Waals surface area contributed by atoms with Gasteiger partial charge < -0.3 is 49.6 Å². The van der Waals surface area contributed by atoms with Crippen LogP contribution < -0.4 is 21.4 Å². The fraction of sp³-hybridized carbons (Fsp3) is 0.294. The van der Waals surface area contributed by atoms with E-state index in [1.807, 2.05) is 0 Å². The first-order chi connectivity index (χ1) is 24.6. The summed E-state index contributed by atoms with van der Waals surface area (Å²) in [5, 5.41) is 28.7. The monoisotopic (exact) mass is 706 g/mol. The van der Waals surface area contributed by atoms with E-state index in [1.165, 1.54) is 30.3 Å². The summed E-state index contributed by atoms with van der Waals surface area (Å²) in [6, 6.07) is 12.5. The summed E-state index contributed by atoms with van der Waals surface area (Å²) in [5.41, 5.74) is 1.37. The van der Waals surface area contributed by atoms with Gasteiger partial charge in [-0.2, -0.15) is 0 Å². The molecule has 5 amide bonds. The lowest BCUT2D eigenvalue weighted by molar-refractivity contribution is -0.171. The third kappa shape index (κ3) is 9.56. The first kappa shape index (κ1) is 36.2. The number of phenols is 1. The molecule has 0 saturated carbocycles. The molecule has 5 N–H and O–H groups in total. The molecule has 3 aliphatic rings. The van der Waals surface area contributed by atoms with Gasteiger partial charge in [-0.1, -0.05) is 6.07 Å². The molecule has 1 fully saturated rings. The molecular formula is C34H34N4O13. The number of benzene rings is 3. The van der Waals surface area contributed by atoms with Gasteiger partial charge >= 0.3 is 18.1 Å². The summed E-state index contributed by atoms with van der Waals surface area (Å²) < 4.78 is 22.0. The van der Waals surface area contributed by atoms with Crippen LogP contribution in [0.3, 0.4) is 0 Å². The average Bonchev–Trinajstić information content (AvgIpc) is 3.41. The summed E-state index contributed by atoms with van der Waals surface area (Å²) >= 11 is 0. The Balaban J connectivity index is 1.01. The lowest BCUT2D eigenvalue weighted by Crippen LogP contribution is -2.38. The molecule has 17 heteroatoms. The second-order valence-electron chi connectivity index (χ2n) is 11.0. The van der Waals surface area contributed by atoms with Crippen LogP contribution in [0.4, 0.5) is 15.3 Å². The van der Waals surface area contributed by atoms with Crippen LogP contribution >= 0.6 is 0 Å². The van der Waals surface area contributed by atoms with Gasteiger partial charge in [-0.3, -0.25) is 14.4 Å². The molecule has 51 heavy (non-hydrogen) atoms. The molecule has 1 saturated heterocycles. The van der Waals surface area contributed by atoms with E-state index in [0.717, 1.165) is 0 Å². The van der Waals surface area contributed by atoms with E-state index in [2.05, 4.69) is 20.8 Å². The third-order valence-electron chi connectivity index (χ3n) is 7.43. The van der Waals surface area contributed by atoms with Gasteiger partial charge in [0, 0.05) is 60.3 Å². The maximum absolute atomic E-state index is 12.5. The molecule has 0 aromatic heterocycles. The fourth-order valence-corrected chi connectivity index (χ4v) is 5.12. The second kappa shape index (κ2) is 17.1. The van der Waals surface area contributed by atoms with Crippen LogP contribution in [-0.2, 0) is 28.6 Å². The normalized spacial score (nSPS) is 12.7. The van der Waals surface area contributed by atoms with Crippen molar-refractivity contribution in [3.05, 3.63) is 70.4 Å². The topological polar surface area (TPSA) is 232 Å². The largest absolute Gasteiger partial charge is 0.508 e. The van der Waals surface area contributed by atoms with Crippen molar-refractivity contribution in [3.8, 4) is 28.2 Å². The molecular weight excluding hydrogens is 672 g/mol. The number of urea groups is 1. The van der Waals surface area contributed by atoms with Crippen LogP contribution in [0, 0.1) is 0 Å². The van der Waals surface area contributed by atoms with Gasteiger partial charge in [0.05, 0.1) is 45.2 Å². The molecule has 2 aromatic carbocycles. The van der Waals surface area contributed by atoms with Gasteiger partial charge in [-0.15, -0.1) is 5.06 Å². The number of carboxylic acids is 1. The van der Waals surface area contributed by atoms with E-state index in [-0.39, 0.29) is 99.3 Å². The van der Waals surface area contributed by atoms with Crippen LogP contribution in [0.15, 0.2) is 63.8 Å². The number of aromatic carboxylic acids is 1. The summed E-state index contributed by atoms with van der Waals surface area (Å²) in [7, 11) is 0. The highest BCUT2D eigenvalue weighted by molar-refractivity contribution is 6.08. The second-order valence-corrected chi connectivity index (χ2v) is 11.0. The SMILES string of the molecule is O=C(NCCOCCOCCOCCNC(=O)ON1C(=O)CCC1=O)Nc1ccc(-c2c3ccc(=O)cc-3oc3cc(O)ccc23)c(C(=O)O)c1. The molecule has 17 nitrogen and oxygen atoms in total. The van der Waals surface area contributed by atoms with E-state index in [4.69, 9.17) is 18.6 Å². The number of hydrogen-bond donors (Lipinski definition) is 5. The highest BCUT2D eigenvalue weighted by Gasteiger charge is 2.32. The Hall–Kier alpha value is -6.04. The summed E-state index contributed by atoms with van der Waals surface area (Å²) in [5.74, 6) is -2.23. The Labute approximate surface area is 289 Å². The van der Waals surface area contributed by atoms with Gasteiger partial charge in [0.25, 0.3) is 11.8 Å². The van der Waals surface area contributed by atoms with Crippen LogP contribution in [0.25, 0.3) is 33.4 Å². The molecule has 2 aliphatic heterocycles. The standard InChI is InChI=1S/C34H34N4O13/c39-21-2-5-24-27(18-21)50-28-19-22(40)3-6-25(28)31(24)23-4-1-20(17-26(23)32(43)44)37-33(45)35-9-11-47-13-15-49-16-14-48-12-10-36-34(46)51-38-29(41)7-8-30(38)42/h1-6,17-19,39H,7-16H2,(H,36,46)(H,43,44)(H2,35,37,45). The number of phenolic OH excluding ortho intramolecular Hbond substituents is 1. The Morgan fingerprint density at radius 1 is 0.765 bits per heavy atom. The molecule has 0 radical (unpaired) electrons. The minimum absolute atomic E-state index is 0.0104. The highest BCUT2D eigenvalue weighted by atomic mass is 16.7. The number of rotatable bonds is 16. The molecule has 268 valence electrons. The van der Waals surface area contributed by atoms with E-state index in [0.29, 0.717) is 27.1 Å². The third-order valence-corrected chi connectivity index (χ3v) is 7.43. The number of carbonyl (C=O) groups excluding carboxylic acids is 4. The zero-order valence-electron chi connectivity index (χ0n) is 27.1. The van der Waals surface area contributed by atoms with E-state index in [9.17, 15) is 39.0 Å². The fourth-order valence-electron chi connectivity index (χ4n) is 5.12. The van der Waals surface area contributed by atoms with Crippen molar-refractivity contribution in [1.82, 2.24) is 15.7 Å². The summed E-state index contributed by atoms with van der Waals surface area (Å²) in [6.07, 6.45) is -0.911. The number of ether oxygens (including phenoxy) is 3. The van der Waals surface area contributed by atoms with Crippen molar-refractivity contribution in [3.63, 3.8) is 0 Å². The van der Waals surface area contributed by atoms with Crippen molar-refractivity contribution in [2.24, 2.45) is 0 Å². The molecule has 1 aliphatic carbocycles. The minimum Gasteiger partial charge on any atom is -0.508 e. The minimum atomic E-state index is -1.25. The zero-order valence-corrected chi connectivity index (χ0v) is 27.1. The van der Waals surface area contributed by atoms with Crippen molar-refractivity contribution in [2.45, 2.75) is 12.8 Å². The highest BCUT2D eigenvalue weighted by Crippen LogP contribution is 2.42. The lowest BCUT2D eigenvalue weighted by Gasteiger charge is -2.17. The molecule has 2 aromatic rings. The first-order valence-electron chi connectivity index (χ1n) is 15.8. The molecule has 0 spiro atoms. The zero-order chi connectivity index (χ0) is 36.3. The van der Waals surface area contributed by atoms with Gasteiger partial charge in [0.2, 0.25) is 0 Å². The molecule has 5 rings (SSSR count). The number of nitrogens with one attached hydrogen (secondary N) is 3. The molecule has 0 bridgehead atoms. The molecule has 0 unspecified atom stereocenters. The number of carbonyl (C=O) groups is 5. The van der Waals surface area contributed by atoms with Crippen molar-refractivity contribution < 1.29 is 57.7 Å². The number of anilines is 1. The van der Waals surface area contributed by atoms with Crippen molar-refractivity contribution in [2.75, 3.05) is 58.0 Å². The average molecular weight is 707 g/mol.